The first-order valence-electron chi connectivity index (χ1n) is 6.52. The molecule has 0 aliphatic rings. The van der Waals surface area contributed by atoms with Crippen molar-refractivity contribution in [2.75, 3.05) is 5.73 Å². The van der Waals surface area contributed by atoms with E-state index in [9.17, 15) is 4.79 Å². The number of rotatable bonds is 4. The third-order valence-corrected chi connectivity index (χ3v) is 3.14. The summed E-state index contributed by atoms with van der Waals surface area (Å²) in [5.74, 6) is -0.187. The fourth-order valence-corrected chi connectivity index (χ4v) is 1.89. The zero-order valence-electron chi connectivity index (χ0n) is 11.9. The highest BCUT2D eigenvalue weighted by Crippen LogP contribution is 2.17. The zero-order chi connectivity index (χ0) is 14.7. The lowest BCUT2D eigenvalue weighted by molar-refractivity contribution is 0.0683. The van der Waals surface area contributed by atoms with Crippen molar-refractivity contribution in [1.29, 1.82) is 0 Å². The molecule has 0 fully saturated rings. The fourth-order valence-electron chi connectivity index (χ4n) is 1.89. The van der Waals surface area contributed by atoms with Gasteiger partial charge in [0.05, 0.1) is 23.6 Å². The largest absolute Gasteiger partial charge is 0.395 e. The molecule has 0 bridgehead atoms. The highest BCUT2D eigenvalue weighted by Gasteiger charge is 2.24. The number of carbonyl (C=O) groups excluding carboxylic acids is 1. The van der Waals surface area contributed by atoms with Crippen LogP contribution in [0.3, 0.4) is 0 Å². The molecule has 0 aliphatic carbocycles. The molecule has 20 heavy (non-hydrogen) atoms. The van der Waals surface area contributed by atoms with Crippen molar-refractivity contribution in [3.8, 4) is 0 Å². The number of hydrogen-bond acceptors (Lipinski definition) is 4. The molecule has 1 amide bonds. The number of nitrogens with one attached hydrogen (secondary N) is 1. The number of aromatic amines is 1. The topological polar surface area (TPSA) is 87.9 Å². The van der Waals surface area contributed by atoms with E-state index in [4.69, 9.17) is 5.73 Å². The summed E-state index contributed by atoms with van der Waals surface area (Å²) in [6.07, 6.45) is 1.71. The van der Waals surface area contributed by atoms with Crippen LogP contribution in [0.2, 0.25) is 0 Å². The van der Waals surface area contributed by atoms with Gasteiger partial charge in [-0.2, -0.15) is 5.10 Å². The second-order valence-corrected chi connectivity index (χ2v) is 4.96. The van der Waals surface area contributed by atoms with Crippen molar-refractivity contribution in [1.82, 2.24) is 20.1 Å². The first-order valence-corrected chi connectivity index (χ1v) is 6.52. The second-order valence-electron chi connectivity index (χ2n) is 4.96. The van der Waals surface area contributed by atoms with Crippen molar-refractivity contribution in [3.05, 3.63) is 41.5 Å². The first kappa shape index (κ1) is 14.0. The number of carbonyl (C=O) groups is 1. The first-order chi connectivity index (χ1) is 9.50. The summed E-state index contributed by atoms with van der Waals surface area (Å²) in [6.45, 7) is 6.13. The predicted octanol–water partition coefficient (Wildman–Crippen LogP) is 1.75. The lowest BCUT2D eigenvalue weighted by Gasteiger charge is -2.25. The molecular formula is C14H19N5O. The number of amides is 1. The van der Waals surface area contributed by atoms with E-state index in [-0.39, 0.29) is 17.6 Å². The van der Waals surface area contributed by atoms with Gasteiger partial charge in [0.15, 0.2) is 5.69 Å². The molecule has 0 saturated carbocycles. The van der Waals surface area contributed by atoms with Crippen molar-refractivity contribution >= 4 is 11.6 Å². The number of H-pyrrole nitrogens is 1. The van der Waals surface area contributed by atoms with Gasteiger partial charge < -0.3 is 10.6 Å². The van der Waals surface area contributed by atoms with Gasteiger partial charge in [-0.05, 0) is 32.9 Å². The van der Waals surface area contributed by atoms with Gasteiger partial charge in [-0.3, -0.25) is 14.9 Å². The van der Waals surface area contributed by atoms with Gasteiger partial charge in [-0.15, -0.1) is 0 Å². The van der Waals surface area contributed by atoms with E-state index in [1.807, 2.05) is 32.0 Å². The maximum atomic E-state index is 12.6. The summed E-state index contributed by atoms with van der Waals surface area (Å²) in [5, 5.41) is 6.74. The van der Waals surface area contributed by atoms with E-state index in [2.05, 4.69) is 15.2 Å². The van der Waals surface area contributed by atoms with Crippen molar-refractivity contribution in [2.45, 2.75) is 33.4 Å². The number of pyridine rings is 1. The minimum absolute atomic E-state index is 0.0286. The van der Waals surface area contributed by atoms with E-state index in [0.717, 1.165) is 5.69 Å². The van der Waals surface area contributed by atoms with E-state index in [0.29, 0.717) is 17.9 Å². The molecule has 6 nitrogen and oxygen atoms in total. The minimum atomic E-state index is -0.187. The van der Waals surface area contributed by atoms with Gasteiger partial charge in [0.1, 0.15) is 0 Å². The van der Waals surface area contributed by atoms with Gasteiger partial charge in [-0.1, -0.05) is 6.07 Å². The summed E-state index contributed by atoms with van der Waals surface area (Å²) < 4.78 is 0. The molecule has 6 heteroatoms. The lowest BCUT2D eigenvalue weighted by Crippen LogP contribution is -2.37. The van der Waals surface area contributed by atoms with Gasteiger partial charge in [0.25, 0.3) is 5.91 Å². The van der Waals surface area contributed by atoms with Crippen molar-refractivity contribution in [2.24, 2.45) is 0 Å². The van der Waals surface area contributed by atoms with Crippen molar-refractivity contribution < 1.29 is 4.79 Å². The molecule has 0 spiro atoms. The monoisotopic (exact) mass is 273 g/mol. The molecule has 0 atom stereocenters. The summed E-state index contributed by atoms with van der Waals surface area (Å²) in [6, 6.07) is 5.67. The number of nitrogens with two attached hydrogens (primary N) is 1. The Morgan fingerprint density at radius 2 is 2.20 bits per heavy atom. The highest BCUT2D eigenvalue weighted by atomic mass is 16.2. The Labute approximate surface area is 118 Å². The van der Waals surface area contributed by atoms with Crippen molar-refractivity contribution in [3.63, 3.8) is 0 Å². The van der Waals surface area contributed by atoms with Crippen LogP contribution in [0.4, 0.5) is 5.69 Å². The van der Waals surface area contributed by atoms with E-state index < -0.39 is 0 Å². The molecule has 2 aromatic rings. The molecular weight excluding hydrogens is 254 g/mol. The Morgan fingerprint density at radius 1 is 1.45 bits per heavy atom. The van der Waals surface area contributed by atoms with Crippen LogP contribution in [0.1, 0.15) is 35.7 Å². The standard InChI is InChI=1S/C14H19N5O/c1-9(2)19(8-11-6-4-5-7-16-11)14(20)13-12(15)10(3)17-18-13/h4-7,9H,8,15H2,1-3H3,(H,17,18). The quantitative estimate of drug-likeness (QED) is 0.888. The zero-order valence-corrected chi connectivity index (χ0v) is 11.9. The Hall–Kier alpha value is -2.37. The number of anilines is 1. The van der Waals surface area contributed by atoms with Crippen LogP contribution in [0.5, 0.6) is 0 Å². The maximum Gasteiger partial charge on any atom is 0.277 e. The van der Waals surface area contributed by atoms with E-state index >= 15 is 0 Å². The lowest BCUT2D eigenvalue weighted by atomic mass is 10.2. The van der Waals surface area contributed by atoms with Crippen LogP contribution in [0.25, 0.3) is 0 Å². The summed E-state index contributed by atoms with van der Waals surface area (Å²) in [7, 11) is 0. The maximum absolute atomic E-state index is 12.6. The summed E-state index contributed by atoms with van der Waals surface area (Å²) in [5.41, 5.74) is 8.09. The minimum Gasteiger partial charge on any atom is -0.395 e. The number of hydrogen-bond donors (Lipinski definition) is 2. The number of nitrogen functional groups attached to an aromatic ring is 1. The number of nitrogens with zero attached hydrogens (tertiary/aromatic N) is 3. The Kier molecular flexibility index (Phi) is 4.02. The average Bonchev–Trinajstić information content (AvgIpc) is 2.76. The molecule has 3 N–H and O–H groups in total. The predicted molar refractivity (Wildman–Crippen MR) is 77.0 cm³/mol. The third-order valence-electron chi connectivity index (χ3n) is 3.14. The second kappa shape index (κ2) is 5.73. The van der Waals surface area contributed by atoms with Crippen LogP contribution >= 0.6 is 0 Å². The van der Waals surface area contributed by atoms with Crippen LogP contribution in [-0.4, -0.2) is 32.0 Å². The summed E-state index contributed by atoms with van der Waals surface area (Å²) in [4.78, 5) is 18.5. The average molecular weight is 273 g/mol. The van der Waals surface area contributed by atoms with Gasteiger partial charge in [0.2, 0.25) is 0 Å². The Balaban J connectivity index is 2.25. The van der Waals surface area contributed by atoms with Gasteiger partial charge in [-0.25, -0.2) is 0 Å². The smallest absolute Gasteiger partial charge is 0.277 e. The normalized spacial score (nSPS) is 10.8. The van der Waals surface area contributed by atoms with Crippen LogP contribution in [0, 0.1) is 6.92 Å². The van der Waals surface area contributed by atoms with E-state index in [1.54, 1.807) is 18.0 Å². The van der Waals surface area contributed by atoms with Gasteiger partial charge in [0, 0.05) is 12.2 Å². The molecule has 2 heterocycles. The molecule has 0 radical (unpaired) electrons. The number of aryl methyl sites for hydroxylation is 1. The summed E-state index contributed by atoms with van der Waals surface area (Å²) >= 11 is 0. The Bertz CT molecular complexity index is 591. The molecule has 0 saturated heterocycles. The molecule has 0 unspecified atom stereocenters. The molecule has 2 rings (SSSR count). The highest BCUT2D eigenvalue weighted by molar-refractivity contribution is 5.97. The molecule has 0 aliphatic heterocycles. The Morgan fingerprint density at radius 3 is 2.70 bits per heavy atom. The number of aromatic nitrogens is 3. The van der Waals surface area contributed by atoms with Crippen LogP contribution in [-0.2, 0) is 6.54 Å². The van der Waals surface area contributed by atoms with Gasteiger partial charge >= 0.3 is 0 Å². The SMILES string of the molecule is Cc1[nH]nc(C(=O)N(Cc2ccccn2)C(C)C)c1N. The van der Waals surface area contributed by atoms with Crippen LogP contribution in [0.15, 0.2) is 24.4 Å². The van der Waals surface area contributed by atoms with E-state index in [1.165, 1.54) is 0 Å². The molecule has 106 valence electrons. The third kappa shape index (κ3) is 2.79. The molecule has 2 aromatic heterocycles. The molecule has 0 aromatic carbocycles. The van der Waals surface area contributed by atoms with Crippen LogP contribution < -0.4 is 5.73 Å². The fraction of sp³-hybridized carbons (Fsp3) is 0.357.